The molecule has 0 fully saturated rings. The van der Waals surface area contributed by atoms with Crippen LogP contribution in [-0.4, -0.2) is 26.1 Å². The van der Waals surface area contributed by atoms with Crippen LogP contribution >= 0.6 is 0 Å². The molecule has 0 aromatic heterocycles. The minimum absolute atomic E-state index is 0.000809. The Kier molecular flexibility index (Phi) is 4.45. The molecule has 0 radical (unpaired) electrons. The maximum Gasteiger partial charge on any atom is 0.242 e. The Labute approximate surface area is 143 Å². The summed E-state index contributed by atoms with van der Waals surface area (Å²) in [7, 11) is -3.64. The monoisotopic (exact) mass is 343 g/mol. The lowest BCUT2D eigenvalue weighted by Gasteiger charge is -2.26. The summed E-state index contributed by atoms with van der Waals surface area (Å²) in [6, 6.07) is 15.9. The number of amides is 1. The topological polar surface area (TPSA) is 54.5 Å². The highest BCUT2D eigenvalue weighted by Gasteiger charge is 2.39. The van der Waals surface area contributed by atoms with Gasteiger partial charge < -0.3 is 4.90 Å². The third kappa shape index (κ3) is 2.84. The van der Waals surface area contributed by atoms with Crippen molar-refractivity contribution in [3.8, 4) is 0 Å². The Morgan fingerprint density at radius 1 is 1.04 bits per heavy atom. The van der Waals surface area contributed by atoms with Crippen LogP contribution in [-0.2, 0) is 14.6 Å². The quantitative estimate of drug-likeness (QED) is 0.855. The van der Waals surface area contributed by atoms with Gasteiger partial charge in [0.15, 0.2) is 9.84 Å². The van der Waals surface area contributed by atoms with Crippen LogP contribution in [0.5, 0.6) is 0 Å². The number of hydrogen-bond acceptors (Lipinski definition) is 3. The van der Waals surface area contributed by atoms with Crippen molar-refractivity contribution in [1.29, 1.82) is 0 Å². The summed E-state index contributed by atoms with van der Waals surface area (Å²) in [5, 5.41) is 0. The second kappa shape index (κ2) is 6.40. The summed E-state index contributed by atoms with van der Waals surface area (Å²) in [6.45, 7) is 4.12. The molecule has 2 atom stereocenters. The fourth-order valence-corrected chi connectivity index (χ4v) is 4.70. The first-order valence-corrected chi connectivity index (χ1v) is 9.79. The molecule has 0 unspecified atom stereocenters. The van der Waals surface area contributed by atoms with Crippen LogP contribution in [0.1, 0.15) is 31.7 Å². The fourth-order valence-electron chi connectivity index (χ4n) is 3.50. The largest absolute Gasteiger partial charge is 0.308 e. The maximum absolute atomic E-state index is 12.9. The smallest absolute Gasteiger partial charge is 0.242 e. The number of fused-ring (bicyclic) bond motifs is 1. The number of nitrogens with zero attached hydrogens (tertiary/aromatic N) is 1. The second-order valence-corrected chi connectivity index (χ2v) is 8.15. The molecule has 0 bridgehead atoms. The lowest BCUT2D eigenvalue weighted by molar-refractivity contribution is -0.116. The van der Waals surface area contributed by atoms with Crippen molar-refractivity contribution in [3.05, 3.63) is 60.2 Å². The predicted octanol–water partition coefficient (Wildman–Crippen LogP) is 3.39. The highest BCUT2D eigenvalue weighted by molar-refractivity contribution is 7.92. The van der Waals surface area contributed by atoms with E-state index < -0.39 is 15.6 Å². The lowest BCUT2D eigenvalue weighted by atomic mass is 9.96. The summed E-state index contributed by atoms with van der Waals surface area (Å²) in [5.41, 5.74) is 1.94. The van der Waals surface area contributed by atoms with Gasteiger partial charge in [-0.3, -0.25) is 4.79 Å². The van der Waals surface area contributed by atoms with Gasteiger partial charge in [-0.1, -0.05) is 50.2 Å². The van der Waals surface area contributed by atoms with Crippen LogP contribution in [0, 0.1) is 0 Å². The third-order valence-corrected chi connectivity index (χ3v) is 6.32. The Balaban J connectivity index is 1.92. The van der Waals surface area contributed by atoms with Gasteiger partial charge >= 0.3 is 0 Å². The van der Waals surface area contributed by atoms with E-state index >= 15 is 0 Å². The maximum atomic E-state index is 12.9. The Morgan fingerprint density at radius 2 is 1.67 bits per heavy atom. The Hall–Kier alpha value is -2.14. The van der Waals surface area contributed by atoms with Crippen LogP contribution in [0.4, 0.5) is 5.69 Å². The number of anilines is 1. The molecule has 0 saturated heterocycles. The lowest BCUT2D eigenvalue weighted by Crippen LogP contribution is -2.41. The van der Waals surface area contributed by atoms with Gasteiger partial charge in [0, 0.05) is 17.6 Å². The predicted molar refractivity (Wildman–Crippen MR) is 94.9 cm³/mol. The number of carbonyl (C=O) groups is 1. The van der Waals surface area contributed by atoms with E-state index in [0.29, 0.717) is 0 Å². The minimum atomic E-state index is -3.64. The molecule has 0 N–H and O–H groups in total. The average molecular weight is 343 g/mol. The molecular weight excluding hydrogens is 322 g/mol. The molecule has 126 valence electrons. The highest BCUT2D eigenvalue weighted by Crippen LogP contribution is 2.42. The third-order valence-electron chi connectivity index (χ3n) is 4.70. The Bertz CT molecular complexity index is 846. The van der Waals surface area contributed by atoms with Gasteiger partial charge in [0.25, 0.3) is 0 Å². The molecule has 5 heteroatoms. The first-order valence-electron chi connectivity index (χ1n) is 8.14. The molecule has 24 heavy (non-hydrogen) atoms. The molecule has 1 amide bonds. The van der Waals surface area contributed by atoms with Gasteiger partial charge in [0.1, 0.15) is 5.75 Å². The van der Waals surface area contributed by atoms with Crippen LogP contribution in [0.15, 0.2) is 59.5 Å². The van der Waals surface area contributed by atoms with Crippen molar-refractivity contribution in [2.24, 2.45) is 0 Å². The van der Waals surface area contributed by atoms with Gasteiger partial charge in [-0.05, 0) is 30.2 Å². The summed E-state index contributed by atoms with van der Waals surface area (Å²) < 4.78 is 25.1. The zero-order valence-electron chi connectivity index (χ0n) is 13.8. The number of benzene rings is 2. The number of carbonyl (C=O) groups excluding carboxylic acids is 1. The summed E-state index contributed by atoms with van der Waals surface area (Å²) in [5.74, 6) is -0.661. The van der Waals surface area contributed by atoms with Crippen LogP contribution in [0.2, 0.25) is 0 Å². The summed E-state index contributed by atoms with van der Waals surface area (Å²) in [4.78, 5) is 14.7. The number of sulfone groups is 1. The van der Waals surface area contributed by atoms with E-state index in [1.165, 1.54) is 12.1 Å². The average Bonchev–Trinajstić information content (AvgIpc) is 2.88. The van der Waals surface area contributed by atoms with Gasteiger partial charge in [0.2, 0.25) is 5.91 Å². The molecule has 1 heterocycles. The number of para-hydroxylation sites is 1. The molecule has 1 aliphatic rings. The van der Waals surface area contributed by atoms with Gasteiger partial charge in [0.05, 0.1) is 4.90 Å². The van der Waals surface area contributed by atoms with Crippen molar-refractivity contribution in [2.75, 3.05) is 10.7 Å². The zero-order chi connectivity index (χ0) is 17.3. The van der Waals surface area contributed by atoms with Crippen molar-refractivity contribution in [2.45, 2.75) is 37.1 Å². The Morgan fingerprint density at radius 3 is 2.33 bits per heavy atom. The molecule has 1 aliphatic heterocycles. The second-order valence-electron chi connectivity index (χ2n) is 6.16. The standard InChI is InChI=1S/C19H21NO3S/c1-3-17-14(2)16-11-7-8-12-18(16)20(17)19(21)13-24(22,23)15-9-5-4-6-10-15/h4-12,14,17H,3,13H2,1-2H3/t14-,17-/m0/s1. The van der Waals surface area contributed by atoms with Crippen molar-refractivity contribution in [1.82, 2.24) is 0 Å². The zero-order valence-corrected chi connectivity index (χ0v) is 14.7. The van der Waals surface area contributed by atoms with E-state index in [0.717, 1.165) is 17.7 Å². The van der Waals surface area contributed by atoms with E-state index in [1.54, 1.807) is 23.1 Å². The van der Waals surface area contributed by atoms with E-state index in [-0.39, 0.29) is 22.8 Å². The number of hydrogen-bond donors (Lipinski definition) is 0. The van der Waals surface area contributed by atoms with Crippen LogP contribution in [0.25, 0.3) is 0 Å². The molecule has 0 saturated carbocycles. The van der Waals surface area contributed by atoms with E-state index in [4.69, 9.17) is 0 Å². The van der Waals surface area contributed by atoms with Gasteiger partial charge in [-0.2, -0.15) is 0 Å². The van der Waals surface area contributed by atoms with E-state index in [9.17, 15) is 13.2 Å². The molecule has 0 aliphatic carbocycles. The normalized spacial score (nSPS) is 20.0. The van der Waals surface area contributed by atoms with E-state index in [2.05, 4.69) is 6.92 Å². The van der Waals surface area contributed by atoms with Crippen molar-refractivity contribution < 1.29 is 13.2 Å². The van der Waals surface area contributed by atoms with Gasteiger partial charge in [-0.25, -0.2) is 8.42 Å². The summed E-state index contributed by atoms with van der Waals surface area (Å²) in [6.07, 6.45) is 0.785. The van der Waals surface area contributed by atoms with Crippen LogP contribution < -0.4 is 4.90 Å². The first-order chi connectivity index (χ1) is 11.5. The molecule has 2 aromatic rings. The minimum Gasteiger partial charge on any atom is -0.308 e. The number of rotatable bonds is 4. The first kappa shape index (κ1) is 16.7. The van der Waals surface area contributed by atoms with Crippen LogP contribution in [0.3, 0.4) is 0 Å². The van der Waals surface area contributed by atoms with E-state index in [1.807, 2.05) is 31.2 Å². The molecular formula is C19H21NO3S. The highest BCUT2D eigenvalue weighted by atomic mass is 32.2. The molecule has 2 aromatic carbocycles. The van der Waals surface area contributed by atoms with Crippen molar-refractivity contribution >= 4 is 21.4 Å². The summed E-state index contributed by atoms with van der Waals surface area (Å²) >= 11 is 0. The molecule has 3 rings (SSSR count). The molecule has 0 spiro atoms. The van der Waals surface area contributed by atoms with Crippen molar-refractivity contribution in [3.63, 3.8) is 0 Å². The van der Waals surface area contributed by atoms with Gasteiger partial charge in [-0.15, -0.1) is 0 Å². The fraction of sp³-hybridized carbons (Fsp3) is 0.316. The SMILES string of the molecule is CC[C@H]1[C@@H](C)c2ccccc2N1C(=O)CS(=O)(=O)c1ccccc1. The molecule has 4 nitrogen and oxygen atoms in total.